The van der Waals surface area contributed by atoms with Crippen LogP contribution in [0, 0.1) is 0 Å². The van der Waals surface area contributed by atoms with Gasteiger partial charge in [-0.25, -0.2) is 4.68 Å². The number of pyridine rings is 1. The maximum atomic E-state index is 11.8. The van der Waals surface area contributed by atoms with Crippen LogP contribution in [-0.2, 0) is 26.0 Å². The number of hydrogen-bond acceptors (Lipinski definition) is 7. The zero-order chi connectivity index (χ0) is 24.6. The van der Waals surface area contributed by atoms with Crippen LogP contribution in [0.4, 0.5) is 0 Å². The van der Waals surface area contributed by atoms with Crippen molar-refractivity contribution in [3.63, 3.8) is 0 Å². The van der Waals surface area contributed by atoms with Crippen LogP contribution in [0.5, 0.6) is 11.5 Å². The van der Waals surface area contributed by atoms with Crippen LogP contribution in [0.15, 0.2) is 60.9 Å². The number of aryl methyl sites for hydroxylation is 2. The summed E-state index contributed by atoms with van der Waals surface area (Å²) in [4.78, 5) is 16.0. The number of phenolic OH excluding ortho intramolecular Hbond substituents is 1. The number of rotatable bonds is 11. The predicted molar refractivity (Wildman–Crippen MR) is 132 cm³/mol. The van der Waals surface area contributed by atoms with Gasteiger partial charge in [0, 0.05) is 30.1 Å². The molecule has 4 aromatic rings. The maximum Gasteiger partial charge on any atom is 0.182 e. The molecule has 4 rings (SSSR count). The molecule has 35 heavy (non-hydrogen) atoms. The third-order valence-corrected chi connectivity index (χ3v) is 5.79. The third-order valence-electron chi connectivity index (χ3n) is 5.79. The van der Waals surface area contributed by atoms with Gasteiger partial charge in [-0.15, -0.1) is 5.10 Å². The van der Waals surface area contributed by atoms with Crippen LogP contribution in [0.2, 0.25) is 0 Å². The Morgan fingerprint density at radius 1 is 1.09 bits per heavy atom. The Hall–Kier alpha value is -4.07. The highest BCUT2D eigenvalue weighted by Crippen LogP contribution is 2.33. The molecule has 0 bridgehead atoms. The van der Waals surface area contributed by atoms with Gasteiger partial charge in [0.2, 0.25) is 0 Å². The van der Waals surface area contributed by atoms with E-state index in [1.807, 2.05) is 48.1 Å². The molecule has 0 amide bonds. The number of benzene rings is 2. The van der Waals surface area contributed by atoms with Gasteiger partial charge in [-0.2, -0.15) is 0 Å². The average molecular weight is 472 g/mol. The summed E-state index contributed by atoms with van der Waals surface area (Å²) in [6, 6.07) is 15.3. The predicted octanol–water partition coefficient (Wildman–Crippen LogP) is 4.81. The molecule has 0 unspecified atom stereocenters. The monoisotopic (exact) mass is 471 g/mol. The molecule has 180 valence electrons. The Bertz CT molecular complexity index is 1290. The number of ketones is 1. The fraction of sp³-hybridized carbons (Fsp3) is 0.296. The van der Waals surface area contributed by atoms with Gasteiger partial charge in [0.1, 0.15) is 18.1 Å². The zero-order valence-corrected chi connectivity index (χ0v) is 20.0. The van der Waals surface area contributed by atoms with Gasteiger partial charge >= 0.3 is 0 Å². The van der Waals surface area contributed by atoms with Gasteiger partial charge < -0.3 is 9.84 Å². The van der Waals surface area contributed by atoms with E-state index in [1.165, 1.54) is 12.5 Å². The molecule has 0 spiro atoms. The highest BCUT2D eigenvalue weighted by atomic mass is 16.5. The van der Waals surface area contributed by atoms with E-state index < -0.39 is 0 Å². The van der Waals surface area contributed by atoms with Crippen LogP contribution in [-0.4, -0.2) is 36.1 Å². The second-order valence-corrected chi connectivity index (χ2v) is 8.42. The number of hydrogen-bond donors (Lipinski definition) is 1. The van der Waals surface area contributed by atoms with E-state index in [-0.39, 0.29) is 11.5 Å². The molecule has 8 nitrogen and oxygen atoms in total. The van der Waals surface area contributed by atoms with E-state index >= 15 is 0 Å². The summed E-state index contributed by atoms with van der Waals surface area (Å²) in [6.07, 6.45) is 6.89. The summed E-state index contributed by atoms with van der Waals surface area (Å²) in [5, 5.41) is 22.9. The number of Topliss-reactive ketones (excluding diaryl/α,β-unsaturated/α-hetero) is 1. The van der Waals surface area contributed by atoms with Crippen molar-refractivity contribution in [2.75, 3.05) is 0 Å². The quantitative estimate of drug-likeness (QED) is 0.313. The number of carbonyl (C=O) groups excluding carboxylic acids is 1. The Morgan fingerprint density at radius 3 is 2.71 bits per heavy atom. The molecule has 0 radical (unpaired) electrons. The lowest BCUT2D eigenvalue weighted by Crippen LogP contribution is -2.05. The highest BCUT2D eigenvalue weighted by Gasteiger charge is 2.16. The molecule has 2 aromatic carbocycles. The maximum absolute atomic E-state index is 11.8. The minimum absolute atomic E-state index is 0.0102. The van der Waals surface area contributed by atoms with Gasteiger partial charge in [0.15, 0.2) is 11.6 Å². The minimum atomic E-state index is -0.169. The van der Waals surface area contributed by atoms with Crippen molar-refractivity contribution < 1.29 is 14.6 Å². The van der Waals surface area contributed by atoms with Crippen molar-refractivity contribution in [2.45, 2.75) is 52.7 Å². The van der Waals surface area contributed by atoms with Crippen molar-refractivity contribution in [2.24, 2.45) is 0 Å². The molecule has 8 heteroatoms. The molecule has 2 heterocycles. The number of carbonyl (C=O) groups is 1. The molecule has 1 N–H and O–H groups in total. The van der Waals surface area contributed by atoms with E-state index in [0.29, 0.717) is 42.3 Å². The molecule has 0 aliphatic carbocycles. The summed E-state index contributed by atoms with van der Waals surface area (Å²) >= 11 is 0. The van der Waals surface area contributed by atoms with Gasteiger partial charge in [-0.1, -0.05) is 37.6 Å². The van der Waals surface area contributed by atoms with E-state index in [4.69, 9.17) is 4.74 Å². The first-order valence-electron chi connectivity index (χ1n) is 11.8. The van der Waals surface area contributed by atoms with Crippen molar-refractivity contribution in [3.05, 3.63) is 83.2 Å². The van der Waals surface area contributed by atoms with E-state index in [2.05, 4.69) is 26.6 Å². The van der Waals surface area contributed by atoms with Crippen molar-refractivity contribution >= 4 is 5.78 Å². The molecule has 2 aromatic heterocycles. The molecule has 0 aliphatic rings. The van der Waals surface area contributed by atoms with Gasteiger partial charge in [-0.3, -0.25) is 9.78 Å². The standard InChI is InChI=1S/C27H29N5O3/c1-3-7-24-25(13-12-23(19(2)33)26(24)34)35-18-21-8-4-11-22(16-21)27-29-30-31-32(27)15-6-10-20-9-5-14-28-17-20/h4-5,8-9,11-14,16-17,34H,3,6-7,10,15,18H2,1-2H3. The number of ether oxygens (including phenoxy) is 1. The first kappa shape index (κ1) is 24.1. The van der Waals surface area contributed by atoms with Gasteiger partial charge in [0.25, 0.3) is 0 Å². The molecular formula is C27H29N5O3. The SMILES string of the molecule is CCCc1c(OCc2cccc(-c3nnnn3CCCc3cccnc3)c2)ccc(C(C)=O)c1O. The van der Waals surface area contributed by atoms with Crippen LogP contribution < -0.4 is 4.74 Å². The molecule has 0 fully saturated rings. The second kappa shape index (κ2) is 11.4. The van der Waals surface area contributed by atoms with Crippen LogP contribution in [0.3, 0.4) is 0 Å². The first-order chi connectivity index (χ1) is 17.1. The fourth-order valence-corrected chi connectivity index (χ4v) is 4.03. The molecular weight excluding hydrogens is 442 g/mol. The number of tetrazole rings is 1. The van der Waals surface area contributed by atoms with Gasteiger partial charge in [0.05, 0.1) is 5.56 Å². The average Bonchev–Trinajstić information content (AvgIpc) is 3.34. The number of aromatic nitrogens is 5. The zero-order valence-electron chi connectivity index (χ0n) is 20.0. The topological polar surface area (TPSA) is 103 Å². The lowest BCUT2D eigenvalue weighted by Gasteiger charge is -2.15. The molecule has 0 saturated heterocycles. The Morgan fingerprint density at radius 2 is 1.94 bits per heavy atom. The summed E-state index contributed by atoms with van der Waals surface area (Å²) < 4.78 is 7.89. The highest BCUT2D eigenvalue weighted by molar-refractivity contribution is 5.97. The molecule has 0 saturated carbocycles. The molecule has 0 atom stereocenters. The summed E-state index contributed by atoms with van der Waals surface area (Å²) in [5.41, 5.74) is 4.02. The first-order valence-corrected chi connectivity index (χ1v) is 11.8. The number of aromatic hydroxyl groups is 1. The molecule has 0 aliphatic heterocycles. The van der Waals surface area contributed by atoms with E-state index in [1.54, 1.807) is 18.3 Å². The van der Waals surface area contributed by atoms with E-state index in [9.17, 15) is 9.90 Å². The van der Waals surface area contributed by atoms with Crippen LogP contribution in [0.25, 0.3) is 11.4 Å². The smallest absolute Gasteiger partial charge is 0.182 e. The number of nitrogens with zero attached hydrogens (tertiary/aromatic N) is 5. The lowest BCUT2D eigenvalue weighted by atomic mass is 10.0. The largest absolute Gasteiger partial charge is 0.507 e. The minimum Gasteiger partial charge on any atom is -0.507 e. The van der Waals surface area contributed by atoms with Crippen LogP contribution >= 0.6 is 0 Å². The van der Waals surface area contributed by atoms with Crippen LogP contribution in [0.1, 0.15) is 53.7 Å². The third kappa shape index (κ3) is 5.90. The summed E-state index contributed by atoms with van der Waals surface area (Å²) in [7, 11) is 0. The van der Waals surface area contributed by atoms with Crippen molar-refractivity contribution in [1.29, 1.82) is 0 Å². The Balaban J connectivity index is 1.46. The Labute approximate surface area is 204 Å². The number of phenols is 1. The fourth-order valence-electron chi connectivity index (χ4n) is 4.03. The second-order valence-electron chi connectivity index (χ2n) is 8.42. The summed E-state index contributed by atoms with van der Waals surface area (Å²) in [6.45, 7) is 4.48. The van der Waals surface area contributed by atoms with Crippen molar-refractivity contribution in [1.82, 2.24) is 25.2 Å². The van der Waals surface area contributed by atoms with E-state index in [0.717, 1.165) is 30.4 Å². The lowest BCUT2D eigenvalue weighted by molar-refractivity contribution is 0.101. The van der Waals surface area contributed by atoms with Crippen molar-refractivity contribution in [3.8, 4) is 22.9 Å². The normalized spacial score (nSPS) is 10.9. The summed E-state index contributed by atoms with van der Waals surface area (Å²) in [5.74, 6) is 1.13. The van der Waals surface area contributed by atoms with Gasteiger partial charge in [-0.05, 0) is 72.0 Å². The Kier molecular flexibility index (Phi) is 7.82.